The van der Waals surface area contributed by atoms with E-state index >= 15 is 0 Å². The first-order valence-corrected chi connectivity index (χ1v) is 10.9. The van der Waals surface area contributed by atoms with Gasteiger partial charge < -0.3 is 0 Å². The topological polar surface area (TPSA) is 124 Å². The van der Waals surface area contributed by atoms with Crippen molar-refractivity contribution in [2.45, 2.75) is 11.8 Å². The molecule has 0 aliphatic heterocycles. The van der Waals surface area contributed by atoms with Gasteiger partial charge in [0.15, 0.2) is 4.90 Å². The predicted octanol–water partition coefficient (Wildman–Crippen LogP) is 3.42. The summed E-state index contributed by atoms with van der Waals surface area (Å²) < 4.78 is 28.8. The molecule has 0 unspecified atom stereocenters. The van der Waals surface area contributed by atoms with E-state index in [0.29, 0.717) is 10.5 Å². The van der Waals surface area contributed by atoms with Crippen molar-refractivity contribution in [2.24, 2.45) is 0 Å². The molecule has 1 amide bonds. The number of nitrogens with zero attached hydrogens (tertiary/aromatic N) is 3. The molecule has 9 nitrogen and oxygen atoms in total. The van der Waals surface area contributed by atoms with Gasteiger partial charge in [-0.15, -0.1) is 11.3 Å². The number of fused-ring (bicyclic) bond motifs is 1. The lowest BCUT2D eigenvalue weighted by atomic mass is 10.3. The van der Waals surface area contributed by atoms with E-state index in [1.807, 2.05) is 35.1 Å². The van der Waals surface area contributed by atoms with Crippen molar-refractivity contribution in [1.29, 1.82) is 0 Å². The molecule has 2 heterocycles. The van der Waals surface area contributed by atoms with Crippen LogP contribution in [0.1, 0.15) is 15.4 Å². The van der Waals surface area contributed by atoms with Crippen LogP contribution < -0.4 is 4.72 Å². The minimum Gasteiger partial charge on any atom is -0.267 e. The molecule has 1 N–H and O–H groups in total. The second kappa shape index (κ2) is 7.35. The number of sulfonamides is 1. The molecule has 30 heavy (non-hydrogen) atoms. The van der Waals surface area contributed by atoms with Crippen molar-refractivity contribution >= 4 is 43.2 Å². The summed E-state index contributed by atoms with van der Waals surface area (Å²) in [6, 6.07) is 15.7. The number of aromatic nitrogens is 2. The Hall–Kier alpha value is -3.57. The normalized spacial score (nSPS) is 11.5. The molecule has 2 aromatic heterocycles. The lowest BCUT2D eigenvalue weighted by Crippen LogP contribution is -2.30. The fourth-order valence-electron chi connectivity index (χ4n) is 2.97. The number of amides is 1. The zero-order valence-corrected chi connectivity index (χ0v) is 17.1. The van der Waals surface area contributed by atoms with Gasteiger partial charge in [-0.2, -0.15) is 5.10 Å². The maximum atomic E-state index is 12.7. The van der Waals surface area contributed by atoms with Gasteiger partial charge in [0.1, 0.15) is 4.83 Å². The van der Waals surface area contributed by atoms with Crippen LogP contribution >= 0.6 is 11.3 Å². The molecule has 152 valence electrons. The maximum absolute atomic E-state index is 12.7. The first kappa shape index (κ1) is 19.7. The Morgan fingerprint density at radius 2 is 1.80 bits per heavy atom. The molecule has 0 spiro atoms. The van der Waals surface area contributed by atoms with Crippen LogP contribution in [0.2, 0.25) is 0 Å². The van der Waals surface area contributed by atoms with Crippen LogP contribution in [-0.4, -0.2) is 29.0 Å². The lowest BCUT2D eigenvalue weighted by Gasteiger charge is -2.06. The molecule has 0 fully saturated rings. The highest BCUT2D eigenvalue weighted by atomic mass is 32.2. The van der Waals surface area contributed by atoms with Gasteiger partial charge in [-0.25, -0.2) is 17.8 Å². The van der Waals surface area contributed by atoms with Gasteiger partial charge in [0.2, 0.25) is 0 Å². The average molecular weight is 442 g/mol. The van der Waals surface area contributed by atoms with Crippen molar-refractivity contribution in [2.75, 3.05) is 0 Å². The number of nitro benzene ring substituents is 1. The van der Waals surface area contributed by atoms with Crippen LogP contribution in [0, 0.1) is 17.0 Å². The summed E-state index contributed by atoms with van der Waals surface area (Å²) in [5.41, 5.74) is 0.882. The van der Waals surface area contributed by atoms with Gasteiger partial charge in [0, 0.05) is 11.5 Å². The van der Waals surface area contributed by atoms with E-state index in [9.17, 15) is 23.3 Å². The zero-order chi connectivity index (χ0) is 21.5. The first-order valence-electron chi connectivity index (χ1n) is 8.63. The number of thiophene rings is 1. The van der Waals surface area contributed by atoms with Gasteiger partial charge in [-0.3, -0.25) is 14.9 Å². The molecule has 0 bridgehead atoms. The third-order valence-electron chi connectivity index (χ3n) is 4.35. The van der Waals surface area contributed by atoms with E-state index in [-0.39, 0.29) is 4.88 Å². The smallest absolute Gasteiger partial charge is 0.267 e. The summed E-state index contributed by atoms with van der Waals surface area (Å²) in [6.07, 6.45) is 0. The molecule has 0 aliphatic rings. The Morgan fingerprint density at radius 1 is 1.13 bits per heavy atom. The largest absolute Gasteiger partial charge is 0.289 e. The van der Waals surface area contributed by atoms with Crippen LogP contribution in [-0.2, 0) is 10.0 Å². The van der Waals surface area contributed by atoms with E-state index in [0.717, 1.165) is 34.5 Å². The van der Waals surface area contributed by atoms with Gasteiger partial charge in [0.05, 0.1) is 21.2 Å². The lowest BCUT2D eigenvalue weighted by molar-refractivity contribution is -0.387. The number of hydrogen-bond donors (Lipinski definition) is 1. The van der Waals surface area contributed by atoms with Crippen molar-refractivity contribution < 1.29 is 18.1 Å². The highest BCUT2D eigenvalue weighted by Crippen LogP contribution is 2.31. The molecule has 4 aromatic rings. The third-order valence-corrected chi connectivity index (χ3v) is 6.84. The van der Waals surface area contributed by atoms with Gasteiger partial charge >= 0.3 is 0 Å². The molecule has 0 saturated carbocycles. The molecule has 4 rings (SSSR count). The second-order valence-corrected chi connectivity index (χ2v) is 9.00. The summed E-state index contributed by atoms with van der Waals surface area (Å²) in [6.45, 7) is 1.79. The Bertz CT molecular complexity index is 1390. The Kier molecular flexibility index (Phi) is 4.84. The maximum Gasteiger partial charge on any atom is 0.289 e. The van der Waals surface area contributed by atoms with Crippen LogP contribution in [0.5, 0.6) is 0 Å². The average Bonchev–Trinajstić information content (AvgIpc) is 3.29. The van der Waals surface area contributed by atoms with Crippen LogP contribution in [0.4, 0.5) is 5.69 Å². The predicted molar refractivity (Wildman–Crippen MR) is 111 cm³/mol. The summed E-state index contributed by atoms with van der Waals surface area (Å²) >= 11 is 1.08. The number of rotatable bonds is 5. The molecule has 0 aliphatic carbocycles. The standard InChI is InChI=1S/C19H14N4O5S2/c1-12-14-11-16(29-19(14)22(20-12)13-7-3-2-4-8-13)18(24)21-30(27,28)17-10-6-5-9-15(17)23(25)26/h2-11H,1H3,(H,21,24). The van der Waals surface area contributed by atoms with Crippen molar-refractivity contribution in [3.63, 3.8) is 0 Å². The minimum atomic E-state index is -4.43. The Labute approximate surface area is 174 Å². The van der Waals surface area contributed by atoms with E-state index in [1.54, 1.807) is 17.7 Å². The Morgan fingerprint density at radius 3 is 2.50 bits per heavy atom. The molecule has 0 radical (unpaired) electrons. The Balaban J connectivity index is 1.70. The summed E-state index contributed by atoms with van der Waals surface area (Å²) in [4.78, 5) is 23.3. The number of para-hydroxylation sites is 2. The van der Waals surface area contributed by atoms with E-state index in [4.69, 9.17) is 0 Å². The van der Waals surface area contributed by atoms with E-state index in [2.05, 4.69) is 5.10 Å². The van der Waals surface area contributed by atoms with Crippen LogP contribution in [0.25, 0.3) is 15.9 Å². The van der Waals surface area contributed by atoms with Gasteiger partial charge in [0.25, 0.3) is 21.6 Å². The number of benzene rings is 2. The van der Waals surface area contributed by atoms with Crippen molar-refractivity contribution in [1.82, 2.24) is 14.5 Å². The molecule has 11 heteroatoms. The van der Waals surface area contributed by atoms with Crippen LogP contribution in [0.3, 0.4) is 0 Å². The van der Waals surface area contributed by atoms with Crippen molar-refractivity contribution in [3.05, 3.63) is 81.3 Å². The molecule has 2 aromatic carbocycles. The molecular formula is C19H14N4O5S2. The highest BCUT2D eigenvalue weighted by molar-refractivity contribution is 7.90. The number of nitrogens with one attached hydrogen (secondary N) is 1. The van der Waals surface area contributed by atoms with Gasteiger partial charge in [-0.05, 0) is 31.2 Å². The first-order chi connectivity index (χ1) is 14.3. The highest BCUT2D eigenvalue weighted by Gasteiger charge is 2.28. The fourth-order valence-corrected chi connectivity index (χ4v) is 5.25. The summed E-state index contributed by atoms with van der Waals surface area (Å²) in [5.74, 6) is -0.867. The number of carbonyl (C=O) groups excluding carboxylic acids is 1. The van der Waals surface area contributed by atoms with Crippen LogP contribution in [0.15, 0.2) is 65.6 Å². The monoisotopic (exact) mass is 442 g/mol. The minimum absolute atomic E-state index is 0.150. The second-order valence-electron chi connectivity index (χ2n) is 6.32. The molecule has 0 saturated heterocycles. The summed E-state index contributed by atoms with van der Waals surface area (Å²) in [7, 11) is -4.43. The molecular weight excluding hydrogens is 428 g/mol. The third kappa shape index (κ3) is 3.44. The number of aryl methyl sites for hydroxylation is 1. The quantitative estimate of drug-likeness (QED) is 0.373. The van der Waals surface area contributed by atoms with Gasteiger partial charge in [-0.1, -0.05) is 30.3 Å². The zero-order valence-electron chi connectivity index (χ0n) is 15.5. The van der Waals surface area contributed by atoms with E-state index < -0.39 is 31.4 Å². The fraction of sp³-hybridized carbons (Fsp3) is 0.0526. The SMILES string of the molecule is Cc1nn(-c2ccccc2)c2sc(C(=O)NS(=O)(=O)c3ccccc3[N+](=O)[O-])cc12. The van der Waals surface area contributed by atoms with E-state index in [1.165, 1.54) is 12.1 Å². The van der Waals surface area contributed by atoms with Crippen molar-refractivity contribution in [3.8, 4) is 5.69 Å². The number of nitro groups is 1. The number of carbonyl (C=O) groups is 1. The summed E-state index contributed by atoms with van der Waals surface area (Å²) in [5, 5.41) is 16.3. The number of hydrogen-bond acceptors (Lipinski definition) is 7. The molecule has 0 atom stereocenters.